The van der Waals surface area contributed by atoms with Gasteiger partial charge in [-0.05, 0) is 42.3 Å². The van der Waals surface area contributed by atoms with E-state index in [2.05, 4.69) is 58.5 Å². The maximum Gasteiger partial charge on any atom is 0.272 e. The van der Waals surface area contributed by atoms with Crippen molar-refractivity contribution in [3.63, 3.8) is 0 Å². The molecule has 0 saturated carbocycles. The first kappa shape index (κ1) is 19.0. The van der Waals surface area contributed by atoms with Crippen LogP contribution in [0, 0.1) is 6.92 Å². The Morgan fingerprint density at radius 2 is 1.76 bits per heavy atom. The summed E-state index contributed by atoms with van der Waals surface area (Å²) in [6.45, 7) is 5.90. The van der Waals surface area contributed by atoms with Gasteiger partial charge in [-0.15, -0.1) is 0 Å². The summed E-state index contributed by atoms with van der Waals surface area (Å²) >= 11 is 0. The average molecular weight is 386 g/mol. The zero-order chi connectivity index (χ0) is 20.1. The van der Waals surface area contributed by atoms with Crippen molar-refractivity contribution in [2.24, 2.45) is 0 Å². The lowest BCUT2D eigenvalue weighted by atomic mass is 10.2. The molecular weight excluding hydrogens is 360 g/mol. The Labute approximate surface area is 172 Å². The number of piperazine rings is 1. The number of aryl methyl sites for hydroxylation is 1. The predicted octanol–water partition coefficient (Wildman–Crippen LogP) is 3.96. The fraction of sp³-hybridized carbons (Fsp3) is 0.250. The van der Waals surface area contributed by atoms with E-state index in [0.29, 0.717) is 25.3 Å². The highest BCUT2D eigenvalue weighted by Crippen LogP contribution is 2.19. The van der Waals surface area contributed by atoms with E-state index in [1.807, 2.05) is 35.2 Å². The number of amides is 1. The van der Waals surface area contributed by atoms with Gasteiger partial charge in [0.15, 0.2) is 0 Å². The molecule has 5 heteroatoms. The highest BCUT2D eigenvalue weighted by molar-refractivity contribution is 5.93. The molecular formula is C24H26N4O. The van der Waals surface area contributed by atoms with Crippen molar-refractivity contribution in [2.45, 2.75) is 13.5 Å². The molecule has 148 valence electrons. The Kier molecular flexibility index (Phi) is 5.75. The molecule has 4 rings (SSSR count). The second-order valence-corrected chi connectivity index (χ2v) is 7.39. The first-order valence-corrected chi connectivity index (χ1v) is 10.0. The van der Waals surface area contributed by atoms with Crippen LogP contribution in [0.3, 0.4) is 0 Å². The maximum absolute atomic E-state index is 12.9. The number of pyridine rings is 1. The molecule has 0 bridgehead atoms. The highest BCUT2D eigenvalue weighted by atomic mass is 16.2. The number of anilines is 2. The molecule has 2 heterocycles. The molecule has 1 N–H and O–H groups in total. The summed E-state index contributed by atoms with van der Waals surface area (Å²) in [5.74, 6) is -0.00254. The number of carbonyl (C=O) groups excluding carboxylic acids is 1. The molecule has 5 nitrogen and oxygen atoms in total. The van der Waals surface area contributed by atoms with Gasteiger partial charge >= 0.3 is 0 Å². The lowest BCUT2D eigenvalue weighted by Gasteiger charge is -2.36. The van der Waals surface area contributed by atoms with Gasteiger partial charge in [-0.25, -0.2) is 0 Å². The van der Waals surface area contributed by atoms with E-state index in [1.54, 1.807) is 6.20 Å². The largest absolute Gasteiger partial charge is 0.381 e. The van der Waals surface area contributed by atoms with E-state index in [1.165, 1.54) is 16.8 Å². The van der Waals surface area contributed by atoms with Crippen molar-refractivity contribution < 1.29 is 4.79 Å². The van der Waals surface area contributed by atoms with Crippen LogP contribution < -0.4 is 10.2 Å². The van der Waals surface area contributed by atoms with Crippen LogP contribution in [-0.4, -0.2) is 42.0 Å². The Balaban J connectivity index is 1.36. The van der Waals surface area contributed by atoms with Crippen LogP contribution >= 0.6 is 0 Å². The van der Waals surface area contributed by atoms with Gasteiger partial charge in [-0.1, -0.05) is 42.5 Å². The van der Waals surface area contributed by atoms with Crippen LogP contribution in [0.1, 0.15) is 21.6 Å². The molecule has 0 aliphatic carbocycles. The van der Waals surface area contributed by atoms with Crippen LogP contribution in [0.2, 0.25) is 0 Å². The third kappa shape index (κ3) is 4.74. The zero-order valence-corrected chi connectivity index (χ0v) is 16.7. The summed E-state index contributed by atoms with van der Waals surface area (Å²) in [5, 5.41) is 3.37. The SMILES string of the molecule is Cc1cccc(N2CCN(C(=O)c3cc(NCc4ccccc4)ccn3)CC2)c1. The number of nitrogens with zero attached hydrogens (tertiary/aromatic N) is 3. The monoisotopic (exact) mass is 386 g/mol. The Morgan fingerprint density at radius 3 is 2.52 bits per heavy atom. The van der Waals surface area contributed by atoms with Crippen molar-refractivity contribution in [1.29, 1.82) is 0 Å². The van der Waals surface area contributed by atoms with Crippen LogP contribution in [0.4, 0.5) is 11.4 Å². The van der Waals surface area contributed by atoms with Crippen LogP contribution in [0.5, 0.6) is 0 Å². The average Bonchev–Trinajstić information content (AvgIpc) is 2.78. The zero-order valence-electron chi connectivity index (χ0n) is 16.7. The number of nitrogens with one attached hydrogen (secondary N) is 1. The van der Waals surface area contributed by atoms with Crippen molar-refractivity contribution in [3.05, 3.63) is 89.7 Å². The van der Waals surface area contributed by atoms with Gasteiger partial charge in [0, 0.05) is 50.3 Å². The van der Waals surface area contributed by atoms with E-state index in [0.717, 1.165) is 18.8 Å². The second-order valence-electron chi connectivity index (χ2n) is 7.39. The third-order valence-corrected chi connectivity index (χ3v) is 5.25. The minimum atomic E-state index is -0.00254. The fourth-order valence-corrected chi connectivity index (χ4v) is 3.61. The first-order chi connectivity index (χ1) is 14.2. The van der Waals surface area contributed by atoms with Crippen molar-refractivity contribution in [1.82, 2.24) is 9.88 Å². The Bertz CT molecular complexity index is 965. The number of hydrogen-bond donors (Lipinski definition) is 1. The number of aromatic nitrogens is 1. The Morgan fingerprint density at radius 1 is 0.966 bits per heavy atom. The summed E-state index contributed by atoms with van der Waals surface area (Å²) in [5.41, 5.74) is 5.08. The number of rotatable bonds is 5. The van der Waals surface area contributed by atoms with E-state index < -0.39 is 0 Å². The number of benzene rings is 2. The molecule has 1 aliphatic rings. The van der Waals surface area contributed by atoms with Gasteiger partial charge in [-0.2, -0.15) is 0 Å². The summed E-state index contributed by atoms with van der Waals surface area (Å²) in [6.07, 6.45) is 1.70. The van der Waals surface area contributed by atoms with Crippen LogP contribution in [0.25, 0.3) is 0 Å². The fourth-order valence-electron chi connectivity index (χ4n) is 3.61. The third-order valence-electron chi connectivity index (χ3n) is 5.25. The quantitative estimate of drug-likeness (QED) is 0.721. The summed E-state index contributed by atoms with van der Waals surface area (Å²) in [4.78, 5) is 21.5. The molecule has 1 amide bonds. The minimum absolute atomic E-state index is 0.00254. The maximum atomic E-state index is 12.9. The summed E-state index contributed by atoms with van der Waals surface area (Å²) < 4.78 is 0. The first-order valence-electron chi connectivity index (χ1n) is 10.0. The lowest BCUT2D eigenvalue weighted by molar-refractivity contribution is 0.0741. The molecule has 3 aromatic rings. The number of hydrogen-bond acceptors (Lipinski definition) is 4. The van der Waals surface area contributed by atoms with Crippen molar-refractivity contribution >= 4 is 17.3 Å². The molecule has 0 spiro atoms. The Hall–Kier alpha value is -3.34. The molecule has 0 atom stereocenters. The molecule has 0 radical (unpaired) electrons. The van der Waals surface area contributed by atoms with Crippen LogP contribution in [-0.2, 0) is 6.54 Å². The van der Waals surface area contributed by atoms with Crippen LogP contribution in [0.15, 0.2) is 72.9 Å². The van der Waals surface area contributed by atoms with Gasteiger partial charge in [0.25, 0.3) is 5.91 Å². The molecule has 0 unspecified atom stereocenters. The minimum Gasteiger partial charge on any atom is -0.381 e. The molecule has 1 fully saturated rings. The van der Waals surface area contributed by atoms with Gasteiger partial charge in [0.05, 0.1) is 0 Å². The standard InChI is InChI=1S/C24H26N4O/c1-19-6-5-9-22(16-19)27-12-14-28(15-13-27)24(29)23-17-21(10-11-25-23)26-18-20-7-3-2-4-8-20/h2-11,16-17H,12-15,18H2,1H3,(H,25,26). The molecule has 29 heavy (non-hydrogen) atoms. The van der Waals surface area contributed by atoms with Crippen molar-refractivity contribution in [3.8, 4) is 0 Å². The topological polar surface area (TPSA) is 48.5 Å². The van der Waals surface area contributed by atoms with E-state index in [4.69, 9.17) is 0 Å². The molecule has 1 saturated heterocycles. The lowest BCUT2D eigenvalue weighted by Crippen LogP contribution is -2.49. The molecule has 1 aromatic heterocycles. The van der Waals surface area contributed by atoms with E-state index in [9.17, 15) is 4.79 Å². The van der Waals surface area contributed by atoms with E-state index >= 15 is 0 Å². The predicted molar refractivity (Wildman–Crippen MR) is 117 cm³/mol. The smallest absolute Gasteiger partial charge is 0.272 e. The van der Waals surface area contributed by atoms with Gasteiger partial charge in [0.2, 0.25) is 0 Å². The number of carbonyl (C=O) groups is 1. The summed E-state index contributed by atoms with van der Waals surface area (Å²) in [7, 11) is 0. The van der Waals surface area contributed by atoms with Gasteiger partial charge < -0.3 is 15.1 Å². The summed E-state index contributed by atoms with van der Waals surface area (Å²) in [6, 6.07) is 22.5. The van der Waals surface area contributed by atoms with E-state index in [-0.39, 0.29) is 5.91 Å². The van der Waals surface area contributed by atoms with Gasteiger partial charge in [-0.3, -0.25) is 9.78 Å². The highest BCUT2D eigenvalue weighted by Gasteiger charge is 2.23. The van der Waals surface area contributed by atoms with Crippen molar-refractivity contribution in [2.75, 3.05) is 36.4 Å². The normalized spacial score (nSPS) is 14.0. The van der Waals surface area contributed by atoms with Gasteiger partial charge in [0.1, 0.15) is 5.69 Å². The second kappa shape index (κ2) is 8.78. The molecule has 2 aromatic carbocycles. The molecule has 1 aliphatic heterocycles.